The number of thioether (sulfide) groups is 1. The fraction of sp³-hybridized carbons (Fsp3) is 0.562. The van der Waals surface area contributed by atoms with E-state index in [9.17, 15) is 0 Å². The van der Waals surface area contributed by atoms with Crippen molar-refractivity contribution in [2.45, 2.75) is 49.8 Å². The lowest BCUT2D eigenvalue weighted by Gasteiger charge is -2.19. The van der Waals surface area contributed by atoms with Crippen molar-refractivity contribution >= 4 is 11.8 Å². The van der Waals surface area contributed by atoms with Gasteiger partial charge in [0.25, 0.3) is 0 Å². The molecule has 0 amide bonds. The largest absolute Gasteiger partial charge is 0.313 e. The second-order valence-electron chi connectivity index (χ2n) is 6.70. The van der Waals surface area contributed by atoms with Crippen LogP contribution in [0.25, 0.3) is 0 Å². The van der Waals surface area contributed by atoms with E-state index in [2.05, 4.69) is 39.7 Å². The normalized spacial score (nSPS) is 22.4. The Bertz CT molecular complexity index is 658. The maximum absolute atomic E-state index is 4.59. The molecular weight excluding hydrogens is 280 g/mol. The summed E-state index contributed by atoms with van der Waals surface area (Å²) in [5.74, 6) is 3.44. The Labute approximate surface area is 129 Å². The van der Waals surface area contributed by atoms with E-state index in [4.69, 9.17) is 0 Å². The Balaban J connectivity index is 1.77. The number of hydrogen-bond acceptors (Lipinski definition) is 4. The molecule has 4 nitrogen and oxygen atoms in total. The second kappa shape index (κ2) is 4.57. The Morgan fingerprint density at radius 2 is 2.10 bits per heavy atom. The van der Waals surface area contributed by atoms with E-state index < -0.39 is 0 Å². The summed E-state index contributed by atoms with van der Waals surface area (Å²) < 4.78 is 2.63. The Morgan fingerprint density at radius 3 is 2.81 bits per heavy atom. The molecule has 0 unspecified atom stereocenters. The smallest absolute Gasteiger partial charge is 0.143 e. The minimum atomic E-state index is 0.0681. The van der Waals surface area contributed by atoms with Crippen molar-refractivity contribution in [3.05, 3.63) is 41.7 Å². The van der Waals surface area contributed by atoms with Crippen molar-refractivity contribution in [1.29, 1.82) is 0 Å². The van der Waals surface area contributed by atoms with Gasteiger partial charge in [-0.1, -0.05) is 19.9 Å². The monoisotopic (exact) mass is 300 g/mol. The number of rotatable bonds is 2. The van der Waals surface area contributed by atoms with Gasteiger partial charge in [0.05, 0.1) is 5.41 Å². The van der Waals surface area contributed by atoms with E-state index in [0.717, 1.165) is 43.2 Å². The molecule has 0 atom stereocenters. The molecule has 1 saturated carbocycles. The number of nitrogens with zero attached hydrogens (tertiary/aromatic N) is 4. The Hall–Kier alpha value is -1.36. The van der Waals surface area contributed by atoms with Crippen molar-refractivity contribution in [2.24, 2.45) is 0 Å². The molecule has 4 rings (SSSR count). The Kier molecular flexibility index (Phi) is 2.89. The first kappa shape index (κ1) is 13.3. The lowest BCUT2D eigenvalue weighted by atomic mass is 9.96. The van der Waals surface area contributed by atoms with Crippen LogP contribution in [0.4, 0.5) is 0 Å². The third-order valence-corrected chi connectivity index (χ3v) is 5.92. The molecule has 0 radical (unpaired) electrons. The van der Waals surface area contributed by atoms with Crippen LogP contribution in [0.15, 0.2) is 24.5 Å². The van der Waals surface area contributed by atoms with Crippen LogP contribution in [-0.4, -0.2) is 30.2 Å². The molecule has 0 N–H and O–H groups in total. The molecule has 1 aliphatic heterocycles. The minimum absolute atomic E-state index is 0.0681. The van der Waals surface area contributed by atoms with Gasteiger partial charge in [0, 0.05) is 35.9 Å². The molecule has 21 heavy (non-hydrogen) atoms. The number of pyridine rings is 1. The molecule has 0 bridgehead atoms. The third-order valence-electron chi connectivity index (χ3n) is 4.61. The molecule has 2 aromatic rings. The quantitative estimate of drug-likeness (QED) is 0.855. The Morgan fingerprint density at radius 1 is 1.24 bits per heavy atom. The van der Waals surface area contributed by atoms with E-state index in [-0.39, 0.29) is 10.2 Å². The van der Waals surface area contributed by atoms with Gasteiger partial charge in [-0.15, -0.1) is 10.2 Å². The van der Waals surface area contributed by atoms with E-state index in [1.807, 2.05) is 30.2 Å². The van der Waals surface area contributed by atoms with Crippen LogP contribution in [0.5, 0.6) is 0 Å². The van der Waals surface area contributed by atoms with Crippen LogP contribution < -0.4 is 0 Å². The molecule has 1 fully saturated rings. The van der Waals surface area contributed by atoms with E-state index in [1.54, 1.807) is 0 Å². The highest BCUT2D eigenvalue weighted by Crippen LogP contribution is 2.53. The molecule has 0 aromatic carbocycles. The number of hydrogen-bond donors (Lipinski definition) is 0. The van der Waals surface area contributed by atoms with Gasteiger partial charge in [-0.05, 0) is 24.5 Å². The first-order chi connectivity index (χ1) is 10.1. The maximum Gasteiger partial charge on any atom is 0.143 e. The van der Waals surface area contributed by atoms with E-state index in [0.29, 0.717) is 0 Å². The summed E-state index contributed by atoms with van der Waals surface area (Å²) in [6.07, 6.45) is 7.14. The van der Waals surface area contributed by atoms with Gasteiger partial charge < -0.3 is 4.57 Å². The first-order valence-electron chi connectivity index (χ1n) is 7.58. The van der Waals surface area contributed by atoms with Gasteiger partial charge in [-0.2, -0.15) is 11.8 Å². The molecule has 0 spiro atoms. The predicted molar refractivity (Wildman–Crippen MR) is 84.5 cm³/mol. The third kappa shape index (κ3) is 2.18. The molecule has 3 heterocycles. The maximum atomic E-state index is 4.59. The van der Waals surface area contributed by atoms with E-state index >= 15 is 0 Å². The highest BCUT2D eigenvalue weighted by atomic mass is 32.2. The molecule has 0 saturated heterocycles. The van der Waals surface area contributed by atoms with Crippen LogP contribution >= 0.6 is 11.8 Å². The van der Waals surface area contributed by atoms with Crippen LogP contribution in [0.1, 0.15) is 43.9 Å². The standard InChI is InChI=1S/C16H20N4S/c1-15(2)10-13-18-19-14(20(13)8-9-21-15)16(5-6-16)12-4-3-7-17-11-12/h3-4,7,11H,5-6,8-10H2,1-2H3. The molecule has 2 aromatic heterocycles. The molecule has 5 heteroatoms. The highest BCUT2D eigenvalue weighted by Gasteiger charge is 2.50. The lowest BCUT2D eigenvalue weighted by Crippen LogP contribution is -2.20. The molecule has 1 aliphatic carbocycles. The molecular formula is C16H20N4S. The second-order valence-corrected chi connectivity index (χ2v) is 8.50. The summed E-state index contributed by atoms with van der Waals surface area (Å²) in [5.41, 5.74) is 1.36. The van der Waals surface area contributed by atoms with Gasteiger partial charge in [0.2, 0.25) is 0 Å². The summed E-state index contributed by atoms with van der Waals surface area (Å²) in [5, 5.41) is 9.11. The lowest BCUT2D eigenvalue weighted by molar-refractivity contribution is 0.607. The van der Waals surface area contributed by atoms with Crippen LogP contribution in [0.2, 0.25) is 0 Å². The number of fused-ring (bicyclic) bond motifs is 1. The molecule has 110 valence electrons. The summed E-state index contributed by atoms with van der Waals surface area (Å²) >= 11 is 2.04. The zero-order valence-electron chi connectivity index (χ0n) is 12.5. The molecule has 2 aliphatic rings. The van der Waals surface area contributed by atoms with Gasteiger partial charge in [-0.25, -0.2) is 0 Å². The number of aromatic nitrogens is 4. The zero-order valence-corrected chi connectivity index (χ0v) is 13.4. The average molecular weight is 300 g/mol. The summed E-state index contributed by atoms with van der Waals surface area (Å²) in [6, 6.07) is 4.20. The van der Waals surface area contributed by atoms with Gasteiger partial charge in [-0.3, -0.25) is 4.98 Å². The van der Waals surface area contributed by atoms with Crippen molar-refractivity contribution in [1.82, 2.24) is 19.7 Å². The minimum Gasteiger partial charge on any atom is -0.313 e. The summed E-state index contributed by atoms with van der Waals surface area (Å²) in [4.78, 5) is 4.29. The van der Waals surface area contributed by atoms with Crippen LogP contribution in [0, 0.1) is 0 Å². The van der Waals surface area contributed by atoms with E-state index in [1.165, 1.54) is 5.56 Å². The van der Waals surface area contributed by atoms with Crippen molar-refractivity contribution in [2.75, 3.05) is 5.75 Å². The van der Waals surface area contributed by atoms with Crippen molar-refractivity contribution in [3.63, 3.8) is 0 Å². The highest BCUT2D eigenvalue weighted by molar-refractivity contribution is 8.00. The van der Waals surface area contributed by atoms with Crippen LogP contribution in [0.3, 0.4) is 0 Å². The van der Waals surface area contributed by atoms with Gasteiger partial charge in [0.15, 0.2) is 0 Å². The van der Waals surface area contributed by atoms with Gasteiger partial charge in [0.1, 0.15) is 11.6 Å². The van der Waals surface area contributed by atoms with Gasteiger partial charge >= 0.3 is 0 Å². The fourth-order valence-corrected chi connectivity index (χ4v) is 4.37. The van der Waals surface area contributed by atoms with Crippen molar-refractivity contribution < 1.29 is 0 Å². The first-order valence-corrected chi connectivity index (χ1v) is 8.56. The predicted octanol–water partition coefficient (Wildman–Crippen LogP) is 2.82. The summed E-state index contributed by atoms with van der Waals surface area (Å²) in [7, 11) is 0. The van der Waals surface area contributed by atoms with Crippen molar-refractivity contribution in [3.8, 4) is 0 Å². The topological polar surface area (TPSA) is 43.6 Å². The zero-order chi connectivity index (χ0) is 14.5. The average Bonchev–Trinajstić information content (AvgIpc) is 3.21. The SMILES string of the molecule is CC1(C)Cc2nnc(C3(c4cccnc4)CC3)n2CCS1. The fourth-order valence-electron chi connectivity index (χ4n) is 3.31. The van der Waals surface area contributed by atoms with Crippen LogP contribution in [-0.2, 0) is 18.4 Å². The summed E-state index contributed by atoms with van der Waals surface area (Å²) in [6.45, 7) is 5.62.